The summed E-state index contributed by atoms with van der Waals surface area (Å²) in [5.74, 6) is 2.50. The fourth-order valence-corrected chi connectivity index (χ4v) is 2.77. The Bertz CT molecular complexity index is 417. The highest BCUT2D eigenvalue weighted by Crippen LogP contribution is 2.26. The third-order valence-electron chi connectivity index (χ3n) is 2.79. The molecule has 1 heterocycles. The van der Waals surface area contributed by atoms with Gasteiger partial charge in [0.05, 0.1) is 7.11 Å². The van der Waals surface area contributed by atoms with Crippen molar-refractivity contribution in [3.8, 4) is 5.75 Å². The second-order valence-corrected chi connectivity index (χ2v) is 5.05. The minimum Gasteiger partial charge on any atom is -0.496 e. The summed E-state index contributed by atoms with van der Waals surface area (Å²) in [7, 11) is 1.55. The van der Waals surface area contributed by atoms with E-state index in [1.54, 1.807) is 25.3 Å². The van der Waals surface area contributed by atoms with Crippen LogP contribution in [0.15, 0.2) is 18.2 Å². The van der Waals surface area contributed by atoms with Crippen molar-refractivity contribution in [2.45, 2.75) is 0 Å². The van der Waals surface area contributed by atoms with Gasteiger partial charge in [-0.15, -0.1) is 0 Å². The Balaban J connectivity index is 2.29. The highest BCUT2D eigenvalue weighted by Gasteiger charge is 2.23. The lowest BCUT2D eigenvalue weighted by Gasteiger charge is -2.27. The molecule has 1 aromatic rings. The molecule has 1 amide bonds. The molecular formula is C12H16N2O2S. The van der Waals surface area contributed by atoms with Gasteiger partial charge >= 0.3 is 0 Å². The Hall–Kier alpha value is -1.36. The van der Waals surface area contributed by atoms with Gasteiger partial charge in [-0.2, -0.15) is 11.8 Å². The molecule has 0 spiro atoms. The van der Waals surface area contributed by atoms with Crippen molar-refractivity contribution in [1.29, 1.82) is 0 Å². The number of nitrogens with two attached hydrogens (primary N) is 1. The van der Waals surface area contributed by atoms with Gasteiger partial charge in [-0.3, -0.25) is 4.79 Å². The van der Waals surface area contributed by atoms with Crippen LogP contribution in [0.2, 0.25) is 0 Å². The highest BCUT2D eigenvalue weighted by atomic mass is 32.2. The third-order valence-corrected chi connectivity index (χ3v) is 3.73. The van der Waals surface area contributed by atoms with Crippen molar-refractivity contribution >= 4 is 23.4 Å². The fourth-order valence-electron chi connectivity index (χ4n) is 1.87. The molecule has 0 aliphatic carbocycles. The Kier molecular flexibility index (Phi) is 3.78. The molecule has 2 N–H and O–H groups in total. The number of rotatable bonds is 2. The zero-order chi connectivity index (χ0) is 12.3. The molecule has 2 rings (SSSR count). The van der Waals surface area contributed by atoms with E-state index in [1.807, 2.05) is 16.7 Å². The van der Waals surface area contributed by atoms with E-state index in [4.69, 9.17) is 10.5 Å². The topological polar surface area (TPSA) is 55.6 Å². The number of hydrogen-bond donors (Lipinski definition) is 1. The lowest BCUT2D eigenvalue weighted by atomic mass is 10.1. The van der Waals surface area contributed by atoms with E-state index >= 15 is 0 Å². The lowest BCUT2D eigenvalue weighted by Crippen LogP contribution is -2.38. The molecule has 1 aromatic carbocycles. The van der Waals surface area contributed by atoms with Crippen LogP contribution < -0.4 is 10.5 Å². The summed E-state index contributed by atoms with van der Waals surface area (Å²) in [6.07, 6.45) is 0. The maximum absolute atomic E-state index is 12.4. The van der Waals surface area contributed by atoms with Gasteiger partial charge in [0.1, 0.15) is 11.3 Å². The molecule has 1 fully saturated rings. The highest BCUT2D eigenvalue weighted by molar-refractivity contribution is 7.99. The Labute approximate surface area is 105 Å². The first-order chi connectivity index (χ1) is 8.24. The van der Waals surface area contributed by atoms with E-state index in [2.05, 4.69) is 0 Å². The van der Waals surface area contributed by atoms with Gasteiger partial charge in [0, 0.05) is 30.3 Å². The Morgan fingerprint density at radius 1 is 1.41 bits per heavy atom. The second kappa shape index (κ2) is 5.31. The van der Waals surface area contributed by atoms with Crippen molar-refractivity contribution in [1.82, 2.24) is 4.90 Å². The second-order valence-electron chi connectivity index (χ2n) is 3.83. The van der Waals surface area contributed by atoms with Crippen LogP contribution in [0.4, 0.5) is 5.69 Å². The van der Waals surface area contributed by atoms with Crippen LogP contribution in [-0.4, -0.2) is 42.5 Å². The van der Waals surface area contributed by atoms with Gasteiger partial charge < -0.3 is 15.4 Å². The molecule has 0 bridgehead atoms. The molecule has 5 heteroatoms. The number of nitrogens with zero attached hydrogens (tertiary/aromatic N) is 1. The minimum atomic E-state index is -0.0275. The number of nitrogen functional groups attached to an aromatic ring is 1. The molecule has 0 saturated carbocycles. The molecule has 92 valence electrons. The maximum atomic E-state index is 12.4. The zero-order valence-corrected chi connectivity index (χ0v) is 10.6. The zero-order valence-electron chi connectivity index (χ0n) is 9.81. The number of amides is 1. The number of benzene rings is 1. The number of anilines is 1. The van der Waals surface area contributed by atoms with E-state index < -0.39 is 0 Å². The molecule has 1 aliphatic heterocycles. The fraction of sp³-hybridized carbons (Fsp3) is 0.417. The maximum Gasteiger partial charge on any atom is 0.259 e. The normalized spacial score (nSPS) is 15.7. The summed E-state index contributed by atoms with van der Waals surface area (Å²) < 4.78 is 5.21. The first-order valence-corrected chi connectivity index (χ1v) is 6.69. The van der Waals surface area contributed by atoms with Crippen molar-refractivity contribution in [2.75, 3.05) is 37.4 Å². The van der Waals surface area contributed by atoms with E-state index in [0.717, 1.165) is 24.6 Å². The van der Waals surface area contributed by atoms with Crippen LogP contribution in [0.1, 0.15) is 10.4 Å². The molecule has 1 aliphatic rings. The molecule has 4 nitrogen and oxygen atoms in total. The van der Waals surface area contributed by atoms with Crippen LogP contribution in [0, 0.1) is 0 Å². The standard InChI is InChI=1S/C12H16N2O2S/c1-16-10-4-2-3-9(13)11(10)12(15)14-5-7-17-8-6-14/h2-4H,5-8,13H2,1H3. The largest absolute Gasteiger partial charge is 0.496 e. The van der Waals surface area contributed by atoms with Gasteiger partial charge in [0.2, 0.25) is 0 Å². The summed E-state index contributed by atoms with van der Waals surface area (Å²) in [6, 6.07) is 5.29. The number of carbonyl (C=O) groups excluding carboxylic acids is 1. The summed E-state index contributed by atoms with van der Waals surface area (Å²) in [4.78, 5) is 14.2. The molecule has 0 unspecified atom stereocenters. The molecule has 17 heavy (non-hydrogen) atoms. The smallest absolute Gasteiger partial charge is 0.259 e. The summed E-state index contributed by atoms with van der Waals surface area (Å²) in [5, 5.41) is 0. The number of carbonyl (C=O) groups is 1. The van der Waals surface area contributed by atoms with Crippen LogP contribution in [0.3, 0.4) is 0 Å². The van der Waals surface area contributed by atoms with Crippen molar-refractivity contribution in [3.05, 3.63) is 23.8 Å². The monoisotopic (exact) mass is 252 g/mol. The van der Waals surface area contributed by atoms with E-state index in [9.17, 15) is 4.79 Å². The van der Waals surface area contributed by atoms with Gasteiger partial charge in [-0.25, -0.2) is 0 Å². The van der Waals surface area contributed by atoms with Gasteiger partial charge in [-0.1, -0.05) is 6.07 Å². The number of hydrogen-bond acceptors (Lipinski definition) is 4. The van der Waals surface area contributed by atoms with Crippen molar-refractivity contribution in [3.63, 3.8) is 0 Å². The molecule has 1 saturated heterocycles. The van der Waals surface area contributed by atoms with E-state index in [0.29, 0.717) is 17.0 Å². The lowest BCUT2D eigenvalue weighted by molar-refractivity contribution is 0.0770. The molecule has 0 atom stereocenters. The third kappa shape index (κ3) is 2.49. The molecular weight excluding hydrogens is 236 g/mol. The van der Waals surface area contributed by atoms with Gasteiger partial charge in [0.15, 0.2) is 0 Å². The van der Waals surface area contributed by atoms with Crippen LogP contribution in [0.25, 0.3) is 0 Å². The summed E-state index contributed by atoms with van der Waals surface area (Å²) in [5.41, 5.74) is 6.84. The SMILES string of the molecule is COc1cccc(N)c1C(=O)N1CCSCC1. The number of methoxy groups -OCH3 is 1. The minimum absolute atomic E-state index is 0.0275. The first-order valence-electron chi connectivity index (χ1n) is 5.53. The Morgan fingerprint density at radius 3 is 2.76 bits per heavy atom. The summed E-state index contributed by atoms with van der Waals surface area (Å²) in [6.45, 7) is 1.56. The first kappa shape index (κ1) is 12.1. The van der Waals surface area contributed by atoms with Crippen molar-refractivity contribution in [2.24, 2.45) is 0 Å². The Morgan fingerprint density at radius 2 is 2.12 bits per heavy atom. The van der Waals surface area contributed by atoms with Crippen LogP contribution >= 0.6 is 11.8 Å². The quantitative estimate of drug-likeness (QED) is 0.810. The van der Waals surface area contributed by atoms with Gasteiger partial charge in [0.25, 0.3) is 5.91 Å². The average Bonchev–Trinajstić information content (AvgIpc) is 2.38. The molecule has 0 radical (unpaired) electrons. The van der Waals surface area contributed by atoms with Gasteiger partial charge in [-0.05, 0) is 12.1 Å². The number of thioether (sulfide) groups is 1. The van der Waals surface area contributed by atoms with Crippen molar-refractivity contribution < 1.29 is 9.53 Å². The average molecular weight is 252 g/mol. The summed E-state index contributed by atoms with van der Waals surface area (Å²) >= 11 is 1.87. The van der Waals surface area contributed by atoms with Crippen LogP contribution in [-0.2, 0) is 0 Å². The predicted octanol–water partition coefficient (Wildman–Crippen LogP) is 1.47. The molecule has 0 aromatic heterocycles. The predicted molar refractivity (Wildman–Crippen MR) is 70.6 cm³/mol. The van der Waals surface area contributed by atoms with E-state index in [1.165, 1.54) is 0 Å². The van der Waals surface area contributed by atoms with Crippen LogP contribution in [0.5, 0.6) is 5.75 Å². The van der Waals surface area contributed by atoms with E-state index in [-0.39, 0.29) is 5.91 Å². The number of ether oxygens (including phenoxy) is 1.